The summed E-state index contributed by atoms with van der Waals surface area (Å²) < 4.78 is 20.0. The predicted octanol–water partition coefficient (Wildman–Crippen LogP) is 2.23. The van der Waals surface area contributed by atoms with Crippen molar-refractivity contribution >= 4 is 17.8 Å². The van der Waals surface area contributed by atoms with Gasteiger partial charge in [0, 0.05) is 35.2 Å². The molecule has 1 aromatic carbocycles. The van der Waals surface area contributed by atoms with Gasteiger partial charge in [0.05, 0.1) is 0 Å². The molecule has 1 saturated carbocycles. The number of rotatable bonds is 3. The van der Waals surface area contributed by atoms with Gasteiger partial charge in [-0.2, -0.15) is 4.73 Å². The monoisotopic (exact) mass is 450 g/mol. The molecule has 33 heavy (non-hydrogen) atoms. The maximum atomic E-state index is 13.9. The number of carbonyl (C=O) groups excluding carboxylic acids is 2. The molecule has 1 spiro atoms. The Morgan fingerprint density at radius 3 is 2.52 bits per heavy atom. The lowest BCUT2D eigenvalue weighted by atomic mass is 9.72. The highest BCUT2D eigenvalue weighted by molar-refractivity contribution is 5.96. The fraction of sp³-hybridized carbons (Fsp3) is 0.261. The third kappa shape index (κ3) is 3.58. The maximum Gasteiger partial charge on any atom is 0.345 e. The lowest BCUT2D eigenvalue weighted by Gasteiger charge is -2.40. The first kappa shape index (κ1) is 21.0. The van der Waals surface area contributed by atoms with Crippen LogP contribution in [0.2, 0.25) is 0 Å². The Labute approximate surface area is 187 Å². The number of carbonyl (C=O) groups is 2. The summed E-state index contributed by atoms with van der Waals surface area (Å²) in [5, 5.41) is 25.0. The Hall–Kier alpha value is -3.92. The molecule has 9 nitrogen and oxygen atoms in total. The number of halogens is 1. The smallest absolute Gasteiger partial charge is 0.345 e. The molecule has 10 heteroatoms. The van der Waals surface area contributed by atoms with Gasteiger partial charge >= 0.3 is 5.97 Å². The van der Waals surface area contributed by atoms with Crippen molar-refractivity contribution in [3.05, 3.63) is 77.3 Å². The number of nitrogens with one attached hydrogen (secondary N) is 1. The summed E-state index contributed by atoms with van der Waals surface area (Å²) >= 11 is 0. The summed E-state index contributed by atoms with van der Waals surface area (Å²) in [6, 6.07) is 7.74. The number of anilines is 1. The highest BCUT2D eigenvalue weighted by Gasteiger charge is 2.53. The number of amides is 1. The molecule has 0 radical (unpaired) electrons. The third-order valence-corrected chi connectivity index (χ3v) is 6.30. The summed E-state index contributed by atoms with van der Waals surface area (Å²) in [5.74, 6) is -1.70. The zero-order valence-corrected chi connectivity index (χ0v) is 17.3. The van der Waals surface area contributed by atoms with Gasteiger partial charge in [-0.25, -0.2) is 19.2 Å². The number of benzene rings is 1. The molecule has 3 aromatic rings. The van der Waals surface area contributed by atoms with E-state index in [1.165, 1.54) is 30.9 Å². The maximum absolute atomic E-state index is 13.9. The van der Waals surface area contributed by atoms with E-state index in [-0.39, 0.29) is 37.2 Å². The van der Waals surface area contributed by atoms with Gasteiger partial charge in [0.25, 0.3) is 5.91 Å². The highest BCUT2D eigenvalue weighted by Crippen LogP contribution is 2.49. The SMILES string of the molecule is O=C1O[C@]2(CC[C@@](O)(C(=O)Nc3ncc(-c4ccccc4F)cn3)CC2)c2cc[n+]([O-])cc21. The zero-order valence-electron chi connectivity index (χ0n) is 17.3. The van der Waals surface area contributed by atoms with E-state index in [0.29, 0.717) is 21.4 Å². The minimum atomic E-state index is -1.71. The fourth-order valence-electron chi connectivity index (χ4n) is 4.44. The number of aromatic nitrogens is 3. The van der Waals surface area contributed by atoms with E-state index < -0.39 is 28.9 Å². The van der Waals surface area contributed by atoms with Gasteiger partial charge in [-0.3, -0.25) is 10.1 Å². The van der Waals surface area contributed by atoms with Gasteiger partial charge < -0.3 is 15.1 Å². The molecule has 1 amide bonds. The van der Waals surface area contributed by atoms with Crippen molar-refractivity contribution < 1.29 is 28.6 Å². The van der Waals surface area contributed by atoms with E-state index in [0.717, 1.165) is 0 Å². The standard InChI is InChI=1S/C23H19FN4O5/c24-18-4-2-1-3-15(18)14-11-25-21(26-12-14)27-20(30)22(31)6-8-23(9-7-22)17-5-10-28(32)13-16(17)19(29)33-23/h1-5,10-13,31H,6-9H2,(H,25,26,27,30)/t22-,23-. The second-order valence-corrected chi connectivity index (χ2v) is 8.28. The van der Waals surface area contributed by atoms with Crippen LogP contribution in [0, 0.1) is 11.0 Å². The fourth-order valence-corrected chi connectivity index (χ4v) is 4.44. The van der Waals surface area contributed by atoms with E-state index in [2.05, 4.69) is 15.3 Å². The first-order valence-electron chi connectivity index (χ1n) is 10.4. The number of nitrogens with zero attached hydrogens (tertiary/aromatic N) is 3. The molecular formula is C23H19FN4O5. The largest absolute Gasteiger partial charge is 0.619 e. The van der Waals surface area contributed by atoms with Crippen molar-refractivity contribution in [2.24, 2.45) is 0 Å². The van der Waals surface area contributed by atoms with Crippen LogP contribution < -0.4 is 10.0 Å². The van der Waals surface area contributed by atoms with E-state index in [4.69, 9.17) is 4.74 Å². The molecule has 0 unspecified atom stereocenters. The number of hydrogen-bond donors (Lipinski definition) is 2. The molecular weight excluding hydrogens is 431 g/mol. The van der Waals surface area contributed by atoms with Gasteiger partial charge in [0.15, 0.2) is 12.4 Å². The zero-order chi connectivity index (χ0) is 23.2. The average Bonchev–Trinajstić information content (AvgIpc) is 3.08. The summed E-state index contributed by atoms with van der Waals surface area (Å²) in [5.41, 5.74) is -1.10. The first-order valence-corrected chi connectivity index (χ1v) is 10.4. The van der Waals surface area contributed by atoms with Crippen molar-refractivity contribution in [1.29, 1.82) is 0 Å². The number of aliphatic hydroxyl groups is 1. The quantitative estimate of drug-likeness (QED) is 0.356. The van der Waals surface area contributed by atoms with E-state index in [9.17, 15) is 24.3 Å². The van der Waals surface area contributed by atoms with Gasteiger partial charge in [0.2, 0.25) is 5.95 Å². The van der Waals surface area contributed by atoms with Crippen LogP contribution in [-0.4, -0.2) is 32.6 Å². The van der Waals surface area contributed by atoms with Crippen LogP contribution in [0.4, 0.5) is 10.3 Å². The van der Waals surface area contributed by atoms with Gasteiger partial charge in [0.1, 0.15) is 22.6 Å². The molecule has 0 atom stereocenters. The summed E-state index contributed by atoms with van der Waals surface area (Å²) in [4.78, 5) is 33.1. The van der Waals surface area contributed by atoms with Crippen molar-refractivity contribution in [2.45, 2.75) is 36.9 Å². The van der Waals surface area contributed by atoms with Gasteiger partial charge in [-0.15, -0.1) is 0 Å². The van der Waals surface area contributed by atoms with Crippen LogP contribution >= 0.6 is 0 Å². The Kier molecular flexibility index (Phi) is 4.82. The molecule has 1 fully saturated rings. The van der Waals surface area contributed by atoms with Crippen LogP contribution in [0.25, 0.3) is 11.1 Å². The Morgan fingerprint density at radius 1 is 1.12 bits per heavy atom. The average molecular weight is 450 g/mol. The second kappa shape index (κ2) is 7.59. The molecule has 0 saturated heterocycles. The molecule has 3 heterocycles. The van der Waals surface area contributed by atoms with Crippen LogP contribution in [0.3, 0.4) is 0 Å². The lowest BCUT2D eigenvalue weighted by Crippen LogP contribution is -2.49. The molecule has 5 rings (SSSR count). The summed E-state index contributed by atoms with van der Waals surface area (Å²) in [6.45, 7) is 0. The second-order valence-electron chi connectivity index (χ2n) is 8.28. The van der Waals surface area contributed by atoms with Crippen LogP contribution in [0.1, 0.15) is 41.6 Å². The predicted molar refractivity (Wildman–Crippen MR) is 112 cm³/mol. The minimum absolute atomic E-state index is 0.0218. The van der Waals surface area contributed by atoms with Crippen molar-refractivity contribution in [3.63, 3.8) is 0 Å². The summed E-state index contributed by atoms with van der Waals surface area (Å²) in [7, 11) is 0. The number of fused-ring (bicyclic) bond motifs is 2. The molecule has 2 aliphatic rings. The lowest BCUT2D eigenvalue weighted by molar-refractivity contribution is -0.605. The minimum Gasteiger partial charge on any atom is -0.619 e. The molecule has 1 aliphatic carbocycles. The number of ether oxygens (including phenoxy) is 1. The molecule has 1 aliphatic heterocycles. The topological polar surface area (TPSA) is 128 Å². The summed E-state index contributed by atoms with van der Waals surface area (Å²) in [6.07, 6.45) is 5.73. The Balaban J connectivity index is 1.28. The van der Waals surface area contributed by atoms with Crippen molar-refractivity contribution in [3.8, 4) is 11.1 Å². The van der Waals surface area contributed by atoms with Gasteiger partial charge in [-0.1, -0.05) is 18.2 Å². The highest BCUT2D eigenvalue weighted by atomic mass is 19.1. The third-order valence-electron chi connectivity index (χ3n) is 6.30. The Morgan fingerprint density at radius 2 is 1.82 bits per heavy atom. The van der Waals surface area contributed by atoms with Crippen molar-refractivity contribution in [2.75, 3.05) is 5.32 Å². The van der Waals surface area contributed by atoms with Crippen LogP contribution in [-0.2, 0) is 15.1 Å². The van der Waals surface area contributed by atoms with Crippen LogP contribution in [0.5, 0.6) is 0 Å². The van der Waals surface area contributed by atoms with Gasteiger partial charge in [-0.05, 0) is 31.7 Å². The molecule has 168 valence electrons. The first-order chi connectivity index (χ1) is 15.8. The van der Waals surface area contributed by atoms with E-state index >= 15 is 0 Å². The number of esters is 1. The number of hydrogen-bond acceptors (Lipinski definition) is 7. The molecule has 2 N–H and O–H groups in total. The molecule has 2 aromatic heterocycles. The van der Waals surface area contributed by atoms with E-state index in [1.54, 1.807) is 24.3 Å². The van der Waals surface area contributed by atoms with Crippen LogP contribution in [0.15, 0.2) is 55.1 Å². The van der Waals surface area contributed by atoms with Crippen molar-refractivity contribution in [1.82, 2.24) is 9.97 Å². The normalized spacial score (nSPS) is 23.8. The Bertz CT molecular complexity index is 1260. The number of pyridine rings is 1. The van der Waals surface area contributed by atoms with E-state index in [1.807, 2.05) is 0 Å². The molecule has 0 bridgehead atoms.